The maximum Gasteiger partial charge on any atom is 0.243 e. The Labute approximate surface area is 148 Å². The molecule has 2 aliphatic rings. The molecule has 6 nitrogen and oxygen atoms in total. The Kier molecular flexibility index (Phi) is 5.11. The smallest absolute Gasteiger partial charge is 0.243 e. The van der Waals surface area contributed by atoms with Gasteiger partial charge in [0.05, 0.1) is 11.6 Å². The molecule has 3 atom stereocenters. The third kappa shape index (κ3) is 4.19. The lowest BCUT2D eigenvalue weighted by Crippen LogP contribution is -2.54. The number of β-amino-alcohol motifs (C(OH)–C–C–N with tert-alkyl or cyclic N) is 1. The van der Waals surface area contributed by atoms with Gasteiger partial charge in [0, 0.05) is 39.5 Å². The lowest BCUT2D eigenvalue weighted by molar-refractivity contribution is -0.137. The summed E-state index contributed by atoms with van der Waals surface area (Å²) >= 11 is 0. The average Bonchev–Trinajstić information content (AvgIpc) is 3.12. The van der Waals surface area contributed by atoms with E-state index in [0.29, 0.717) is 6.42 Å². The number of nitrogens with one attached hydrogen (secondary N) is 1. The molecule has 2 N–H and O–H groups in total. The Hall–Kier alpha value is -1.92. The van der Waals surface area contributed by atoms with E-state index < -0.39 is 12.1 Å². The number of likely N-dealkylation sites (tertiary alicyclic amines) is 2. The highest BCUT2D eigenvalue weighted by atomic mass is 16.3. The molecule has 0 aliphatic carbocycles. The second kappa shape index (κ2) is 7.14. The number of hydrogen-bond acceptors (Lipinski definition) is 4. The minimum atomic E-state index is -0.620. The summed E-state index contributed by atoms with van der Waals surface area (Å²) in [6.07, 6.45) is 0.571. The maximum absolute atomic E-state index is 12.7. The monoisotopic (exact) mass is 345 g/mol. The fraction of sp³-hybridized carbons (Fsp3) is 0.579. The quantitative estimate of drug-likeness (QED) is 0.845. The molecule has 0 spiro atoms. The highest BCUT2D eigenvalue weighted by Crippen LogP contribution is 2.25. The summed E-state index contributed by atoms with van der Waals surface area (Å²) in [4.78, 5) is 28.2. The van der Waals surface area contributed by atoms with Gasteiger partial charge in [-0.1, -0.05) is 30.3 Å². The Morgan fingerprint density at radius 3 is 2.72 bits per heavy atom. The van der Waals surface area contributed by atoms with Gasteiger partial charge in [-0.2, -0.15) is 0 Å². The van der Waals surface area contributed by atoms with E-state index in [9.17, 15) is 14.7 Å². The van der Waals surface area contributed by atoms with Crippen LogP contribution in [0.4, 0.5) is 0 Å². The van der Waals surface area contributed by atoms with Crippen molar-refractivity contribution < 1.29 is 14.7 Å². The van der Waals surface area contributed by atoms with Crippen LogP contribution in [0, 0.1) is 0 Å². The fourth-order valence-corrected chi connectivity index (χ4v) is 3.93. The summed E-state index contributed by atoms with van der Waals surface area (Å²) in [5.74, 6) is -0.324. The van der Waals surface area contributed by atoms with Gasteiger partial charge in [-0.25, -0.2) is 0 Å². The summed E-state index contributed by atoms with van der Waals surface area (Å²) in [5, 5.41) is 12.9. The van der Waals surface area contributed by atoms with Crippen molar-refractivity contribution >= 4 is 11.8 Å². The van der Waals surface area contributed by atoms with Gasteiger partial charge in [-0.3, -0.25) is 14.5 Å². The number of carbonyl (C=O) groups is 2. The van der Waals surface area contributed by atoms with Crippen LogP contribution < -0.4 is 5.32 Å². The first-order valence-electron chi connectivity index (χ1n) is 8.90. The van der Waals surface area contributed by atoms with E-state index in [2.05, 4.69) is 29.3 Å². The zero-order valence-corrected chi connectivity index (χ0v) is 14.9. The van der Waals surface area contributed by atoms with Crippen LogP contribution in [0.3, 0.4) is 0 Å². The second-order valence-electron chi connectivity index (χ2n) is 7.57. The first-order valence-corrected chi connectivity index (χ1v) is 8.90. The molecule has 3 rings (SSSR count). The highest BCUT2D eigenvalue weighted by molar-refractivity contribution is 5.88. The average molecular weight is 345 g/mol. The van der Waals surface area contributed by atoms with Crippen LogP contribution >= 0.6 is 0 Å². The molecule has 0 saturated carbocycles. The van der Waals surface area contributed by atoms with Crippen molar-refractivity contribution in [3.05, 3.63) is 35.9 Å². The lowest BCUT2D eigenvalue weighted by atomic mass is 10.0. The second-order valence-corrected chi connectivity index (χ2v) is 7.57. The van der Waals surface area contributed by atoms with Crippen LogP contribution in [0.5, 0.6) is 0 Å². The molecule has 1 unspecified atom stereocenters. The first-order chi connectivity index (χ1) is 11.9. The van der Waals surface area contributed by atoms with Crippen molar-refractivity contribution in [2.75, 3.05) is 19.6 Å². The van der Waals surface area contributed by atoms with Gasteiger partial charge in [-0.15, -0.1) is 0 Å². The van der Waals surface area contributed by atoms with Crippen molar-refractivity contribution in [2.45, 2.75) is 50.9 Å². The van der Waals surface area contributed by atoms with Crippen LogP contribution in [0.2, 0.25) is 0 Å². The van der Waals surface area contributed by atoms with Crippen LogP contribution in [0.1, 0.15) is 32.3 Å². The van der Waals surface area contributed by atoms with E-state index in [4.69, 9.17) is 0 Å². The summed E-state index contributed by atoms with van der Waals surface area (Å²) in [6, 6.07) is 9.74. The van der Waals surface area contributed by atoms with Gasteiger partial charge in [0.2, 0.25) is 11.8 Å². The Morgan fingerprint density at radius 1 is 1.32 bits per heavy atom. The van der Waals surface area contributed by atoms with E-state index in [1.165, 1.54) is 17.4 Å². The summed E-state index contributed by atoms with van der Waals surface area (Å²) < 4.78 is 0. The molecular formula is C19H27N3O3. The number of carbonyl (C=O) groups excluding carboxylic acids is 2. The number of nitrogens with zero attached hydrogens (tertiary/aromatic N) is 2. The normalized spacial score (nSPS) is 29.8. The maximum atomic E-state index is 12.7. The highest BCUT2D eigenvalue weighted by Gasteiger charge is 2.41. The minimum Gasteiger partial charge on any atom is -0.391 e. The van der Waals surface area contributed by atoms with Crippen molar-refractivity contribution in [1.82, 2.24) is 15.1 Å². The molecular weight excluding hydrogens is 318 g/mol. The minimum absolute atomic E-state index is 0.157. The lowest BCUT2D eigenvalue weighted by Gasteiger charge is -2.30. The van der Waals surface area contributed by atoms with Crippen molar-refractivity contribution in [1.29, 1.82) is 0 Å². The molecule has 6 heteroatoms. The molecule has 1 aromatic rings. The van der Waals surface area contributed by atoms with E-state index in [1.54, 1.807) is 0 Å². The van der Waals surface area contributed by atoms with Crippen molar-refractivity contribution in [3.63, 3.8) is 0 Å². The predicted octanol–water partition coefficient (Wildman–Crippen LogP) is 0.749. The molecule has 2 amide bonds. The van der Waals surface area contributed by atoms with Gasteiger partial charge in [0.15, 0.2) is 0 Å². The van der Waals surface area contributed by atoms with Crippen LogP contribution in [0.15, 0.2) is 30.3 Å². The predicted molar refractivity (Wildman–Crippen MR) is 94.7 cm³/mol. The van der Waals surface area contributed by atoms with Gasteiger partial charge in [0.1, 0.15) is 6.04 Å². The summed E-state index contributed by atoms with van der Waals surface area (Å²) in [6.45, 7) is 6.31. The molecule has 0 aromatic heterocycles. The van der Waals surface area contributed by atoms with Gasteiger partial charge < -0.3 is 15.3 Å². The third-order valence-electron chi connectivity index (χ3n) is 5.21. The number of amides is 2. The molecule has 2 fully saturated rings. The van der Waals surface area contributed by atoms with Crippen molar-refractivity contribution in [3.8, 4) is 0 Å². The molecule has 0 bridgehead atoms. The number of aliphatic hydroxyl groups excluding tert-OH is 1. The molecule has 2 aliphatic heterocycles. The first kappa shape index (κ1) is 17.9. The van der Waals surface area contributed by atoms with Crippen LogP contribution in [0.25, 0.3) is 0 Å². The summed E-state index contributed by atoms with van der Waals surface area (Å²) in [5.41, 5.74) is 0.960. The molecule has 2 heterocycles. The number of hydrogen-bond donors (Lipinski definition) is 2. The number of rotatable bonds is 4. The molecule has 25 heavy (non-hydrogen) atoms. The number of aliphatic hydroxyl groups is 1. The van der Waals surface area contributed by atoms with Crippen LogP contribution in [-0.4, -0.2) is 64.0 Å². The van der Waals surface area contributed by atoms with Gasteiger partial charge in [-0.05, 0) is 18.9 Å². The zero-order chi connectivity index (χ0) is 18.0. The van der Waals surface area contributed by atoms with E-state index in [0.717, 1.165) is 26.1 Å². The summed E-state index contributed by atoms with van der Waals surface area (Å²) in [7, 11) is 0. The van der Waals surface area contributed by atoms with Crippen molar-refractivity contribution in [2.24, 2.45) is 0 Å². The molecule has 0 radical (unpaired) electrons. The largest absolute Gasteiger partial charge is 0.391 e. The number of benzene rings is 1. The standard InChI is InChI=1S/C19H27N3O3/c1-14(23)22-12-16(24)10-17(22)18(25)20-19(2)8-9-21(13-19)11-15-6-4-3-5-7-15/h3-7,16-17,24H,8-13H2,1-2H3,(H,20,25)/t16-,17+,19?/m0/s1. The molecule has 136 valence electrons. The van der Waals surface area contributed by atoms with Gasteiger partial charge >= 0.3 is 0 Å². The Balaban J connectivity index is 1.59. The van der Waals surface area contributed by atoms with Crippen LogP contribution in [-0.2, 0) is 16.1 Å². The molecule has 2 saturated heterocycles. The zero-order valence-electron chi connectivity index (χ0n) is 14.9. The topological polar surface area (TPSA) is 72.9 Å². The fourth-order valence-electron chi connectivity index (χ4n) is 3.93. The Morgan fingerprint density at radius 2 is 2.04 bits per heavy atom. The SMILES string of the molecule is CC(=O)N1C[C@@H](O)C[C@@H]1C(=O)NC1(C)CCN(Cc2ccccc2)C1. The van der Waals surface area contributed by atoms with E-state index in [-0.39, 0.29) is 23.9 Å². The molecule has 1 aromatic carbocycles. The van der Waals surface area contributed by atoms with E-state index >= 15 is 0 Å². The Bertz CT molecular complexity index is 636. The van der Waals surface area contributed by atoms with E-state index in [1.807, 2.05) is 18.2 Å². The third-order valence-corrected chi connectivity index (χ3v) is 5.21. The van der Waals surface area contributed by atoms with Gasteiger partial charge in [0.25, 0.3) is 0 Å².